The number of nitrogens with one attached hydrogen (secondary N) is 1. The van der Waals surface area contributed by atoms with Crippen LogP contribution in [0.3, 0.4) is 0 Å². The third-order valence-corrected chi connectivity index (χ3v) is 5.79. The lowest BCUT2D eigenvalue weighted by Crippen LogP contribution is -2.49. The van der Waals surface area contributed by atoms with E-state index in [1.54, 1.807) is 4.90 Å². The number of benzene rings is 1. The van der Waals surface area contributed by atoms with Gasteiger partial charge in [-0.2, -0.15) is 0 Å². The lowest BCUT2D eigenvalue weighted by molar-refractivity contribution is -0.142. The van der Waals surface area contributed by atoms with E-state index in [2.05, 4.69) is 5.32 Å². The van der Waals surface area contributed by atoms with Gasteiger partial charge in [0.05, 0.1) is 12.5 Å². The maximum Gasteiger partial charge on any atom is 0.318 e. The number of rotatable bonds is 5. The first kappa shape index (κ1) is 19.6. The lowest BCUT2D eigenvalue weighted by Gasteiger charge is -2.33. The van der Waals surface area contributed by atoms with Crippen molar-refractivity contribution in [3.05, 3.63) is 35.4 Å². The highest BCUT2D eigenvalue weighted by atomic mass is 19.1. The second-order valence-corrected chi connectivity index (χ2v) is 7.64. The zero-order valence-electron chi connectivity index (χ0n) is 15.3. The van der Waals surface area contributed by atoms with Crippen molar-refractivity contribution in [1.29, 1.82) is 0 Å². The van der Waals surface area contributed by atoms with Crippen LogP contribution < -0.4 is 5.32 Å². The van der Waals surface area contributed by atoms with Gasteiger partial charge >= 0.3 is 12.0 Å². The molecule has 1 aromatic rings. The molecular formula is C20H26F2N2O3. The van der Waals surface area contributed by atoms with Crippen molar-refractivity contribution in [2.45, 2.75) is 70.0 Å². The van der Waals surface area contributed by atoms with Gasteiger partial charge in [0.2, 0.25) is 0 Å². The quantitative estimate of drug-likeness (QED) is 0.809. The van der Waals surface area contributed by atoms with Crippen molar-refractivity contribution in [3.8, 4) is 0 Å². The summed E-state index contributed by atoms with van der Waals surface area (Å²) >= 11 is 0. The Labute approximate surface area is 157 Å². The van der Waals surface area contributed by atoms with Crippen LogP contribution in [0, 0.1) is 17.6 Å². The number of hydrogen-bond acceptors (Lipinski definition) is 2. The van der Waals surface area contributed by atoms with Crippen LogP contribution in [0.4, 0.5) is 13.6 Å². The van der Waals surface area contributed by atoms with Crippen molar-refractivity contribution >= 4 is 12.0 Å². The fourth-order valence-corrected chi connectivity index (χ4v) is 4.16. The van der Waals surface area contributed by atoms with Crippen LogP contribution in [0.15, 0.2) is 18.2 Å². The number of carboxylic acids is 1. The molecule has 0 heterocycles. The summed E-state index contributed by atoms with van der Waals surface area (Å²) in [5.74, 6) is -2.40. The van der Waals surface area contributed by atoms with E-state index >= 15 is 0 Å². The van der Waals surface area contributed by atoms with Crippen molar-refractivity contribution in [3.63, 3.8) is 0 Å². The zero-order valence-corrected chi connectivity index (χ0v) is 15.3. The molecule has 0 aliphatic heterocycles. The van der Waals surface area contributed by atoms with Crippen LogP contribution in [0.1, 0.15) is 56.9 Å². The summed E-state index contributed by atoms with van der Waals surface area (Å²) in [5.41, 5.74) is 0.299. The normalized spacial score (nSPS) is 23.2. The van der Waals surface area contributed by atoms with E-state index in [0.717, 1.165) is 31.7 Å². The van der Waals surface area contributed by atoms with Crippen LogP contribution in [-0.2, 0) is 11.3 Å². The SMILES string of the molecule is O=C(O)C1CCC(NC(=O)N(Cc2ccc(F)cc2F)C2CCCC2)CC1. The molecule has 2 N–H and O–H groups in total. The average molecular weight is 380 g/mol. The lowest BCUT2D eigenvalue weighted by atomic mass is 9.86. The van der Waals surface area contributed by atoms with Crippen LogP contribution in [0.5, 0.6) is 0 Å². The van der Waals surface area contributed by atoms with E-state index in [-0.39, 0.29) is 30.6 Å². The first-order valence-corrected chi connectivity index (χ1v) is 9.68. The Morgan fingerprint density at radius 1 is 1.07 bits per heavy atom. The molecule has 7 heteroatoms. The number of aliphatic carboxylic acids is 1. The summed E-state index contributed by atoms with van der Waals surface area (Å²) in [6.07, 6.45) is 6.18. The minimum Gasteiger partial charge on any atom is -0.481 e. The van der Waals surface area contributed by atoms with Crippen molar-refractivity contribution in [1.82, 2.24) is 10.2 Å². The monoisotopic (exact) mass is 380 g/mol. The molecule has 0 spiro atoms. The van der Waals surface area contributed by atoms with E-state index in [1.165, 1.54) is 12.1 Å². The predicted molar refractivity (Wildman–Crippen MR) is 96.1 cm³/mol. The Bertz CT molecular complexity index is 684. The second-order valence-electron chi connectivity index (χ2n) is 7.64. The number of carbonyl (C=O) groups excluding carboxylic acids is 1. The van der Waals surface area contributed by atoms with E-state index in [0.29, 0.717) is 31.2 Å². The summed E-state index contributed by atoms with van der Waals surface area (Å²) in [4.78, 5) is 25.6. The van der Waals surface area contributed by atoms with Crippen molar-refractivity contribution in [2.24, 2.45) is 5.92 Å². The average Bonchev–Trinajstić information content (AvgIpc) is 3.15. The molecule has 27 heavy (non-hydrogen) atoms. The van der Waals surface area contributed by atoms with Gasteiger partial charge in [-0.1, -0.05) is 18.9 Å². The zero-order chi connectivity index (χ0) is 19.4. The summed E-state index contributed by atoms with van der Waals surface area (Å²) in [7, 11) is 0. The van der Waals surface area contributed by atoms with Gasteiger partial charge in [0.15, 0.2) is 0 Å². The van der Waals surface area contributed by atoms with Crippen molar-refractivity contribution in [2.75, 3.05) is 0 Å². The molecule has 148 valence electrons. The van der Waals surface area contributed by atoms with Gasteiger partial charge in [0.1, 0.15) is 11.6 Å². The molecule has 2 saturated carbocycles. The molecule has 2 aliphatic carbocycles. The van der Waals surface area contributed by atoms with Crippen LogP contribution in [0.25, 0.3) is 0 Å². The third-order valence-electron chi connectivity index (χ3n) is 5.79. The smallest absolute Gasteiger partial charge is 0.318 e. The summed E-state index contributed by atoms with van der Waals surface area (Å²) < 4.78 is 27.3. The first-order valence-electron chi connectivity index (χ1n) is 9.68. The maximum atomic E-state index is 14.1. The molecule has 0 radical (unpaired) electrons. The molecule has 2 fully saturated rings. The van der Waals surface area contributed by atoms with Gasteiger partial charge in [0, 0.05) is 23.7 Å². The number of amides is 2. The molecule has 0 aromatic heterocycles. The number of hydrogen-bond donors (Lipinski definition) is 2. The fraction of sp³-hybridized carbons (Fsp3) is 0.600. The van der Waals surface area contributed by atoms with Gasteiger partial charge in [-0.3, -0.25) is 4.79 Å². The van der Waals surface area contributed by atoms with E-state index in [9.17, 15) is 18.4 Å². The van der Waals surface area contributed by atoms with Crippen molar-refractivity contribution < 1.29 is 23.5 Å². The summed E-state index contributed by atoms with van der Waals surface area (Å²) in [6.45, 7) is 0.104. The Morgan fingerprint density at radius 2 is 1.74 bits per heavy atom. The van der Waals surface area contributed by atoms with Crippen LogP contribution in [0.2, 0.25) is 0 Å². The highest BCUT2D eigenvalue weighted by Gasteiger charge is 2.31. The Balaban J connectivity index is 1.65. The number of halogens is 2. The van der Waals surface area contributed by atoms with Crippen LogP contribution in [-0.4, -0.2) is 34.1 Å². The molecule has 1 aromatic carbocycles. The highest BCUT2D eigenvalue weighted by molar-refractivity contribution is 5.75. The highest BCUT2D eigenvalue weighted by Crippen LogP contribution is 2.28. The summed E-state index contributed by atoms with van der Waals surface area (Å²) in [5, 5.41) is 12.1. The fourth-order valence-electron chi connectivity index (χ4n) is 4.16. The van der Waals surface area contributed by atoms with Gasteiger partial charge in [0.25, 0.3) is 0 Å². The number of carbonyl (C=O) groups is 2. The second kappa shape index (κ2) is 8.67. The number of nitrogens with zero attached hydrogens (tertiary/aromatic N) is 1. The molecule has 2 amide bonds. The molecule has 3 rings (SSSR count). The van der Waals surface area contributed by atoms with Gasteiger partial charge < -0.3 is 15.3 Å². The van der Waals surface area contributed by atoms with Gasteiger partial charge in [-0.25, -0.2) is 13.6 Å². The first-order chi connectivity index (χ1) is 12.9. The molecule has 0 unspecified atom stereocenters. The predicted octanol–water partition coefficient (Wildman–Crippen LogP) is 4.06. The molecule has 0 atom stereocenters. The van der Waals surface area contributed by atoms with E-state index in [1.807, 2.05) is 0 Å². The van der Waals surface area contributed by atoms with Gasteiger partial charge in [-0.05, 0) is 44.6 Å². The Hall–Kier alpha value is -2.18. The minimum absolute atomic E-state index is 0.0461. The molecule has 0 saturated heterocycles. The largest absolute Gasteiger partial charge is 0.481 e. The third kappa shape index (κ3) is 4.96. The summed E-state index contributed by atoms with van der Waals surface area (Å²) in [6, 6.07) is 3.17. The number of carboxylic acid groups (broad SMARTS) is 1. The van der Waals surface area contributed by atoms with Gasteiger partial charge in [-0.15, -0.1) is 0 Å². The topological polar surface area (TPSA) is 69.6 Å². The molecular weight excluding hydrogens is 354 g/mol. The molecule has 2 aliphatic rings. The van der Waals surface area contributed by atoms with E-state index < -0.39 is 17.6 Å². The maximum absolute atomic E-state index is 14.1. The molecule has 0 bridgehead atoms. The standard InChI is InChI=1S/C20H26F2N2O3/c21-15-8-5-14(18(22)11-15)12-24(17-3-1-2-4-17)20(27)23-16-9-6-13(7-10-16)19(25)26/h5,8,11,13,16-17H,1-4,6-7,9-10,12H2,(H,23,27)(H,25,26). The Morgan fingerprint density at radius 3 is 2.33 bits per heavy atom. The Kier molecular flexibility index (Phi) is 6.29. The number of urea groups is 1. The van der Waals surface area contributed by atoms with Crippen LogP contribution >= 0.6 is 0 Å². The molecule has 5 nitrogen and oxygen atoms in total. The minimum atomic E-state index is -0.779. The van der Waals surface area contributed by atoms with E-state index in [4.69, 9.17) is 5.11 Å².